The third-order valence-corrected chi connectivity index (χ3v) is 7.56. The van der Waals surface area contributed by atoms with Gasteiger partial charge in [0.15, 0.2) is 7.28 Å². The number of benzene rings is 5. The minimum absolute atomic E-state index is 0.966. The van der Waals surface area contributed by atoms with Crippen molar-refractivity contribution in [3.8, 4) is 39.3 Å². The van der Waals surface area contributed by atoms with Gasteiger partial charge in [-0.25, -0.2) is 4.98 Å². The van der Waals surface area contributed by atoms with E-state index in [0.29, 0.717) is 0 Å². The van der Waals surface area contributed by atoms with Crippen LogP contribution in [0.3, 0.4) is 0 Å². The van der Waals surface area contributed by atoms with Crippen molar-refractivity contribution in [3.05, 3.63) is 140 Å². The Labute approximate surface area is 229 Å². The first-order valence-electron chi connectivity index (χ1n) is 13.5. The van der Waals surface area contributed by atoms with E-state index < -0.39 is 0 Å². The molecule has 39 heavy (non-hydrogen) atoms. The molecule has 0 aliphatic rings. The summed E-state index contributed by atoms with van der Waals surface area (Å²) in [5.41, 5.74) is 11.5. The molecule has 0 atom stereocenters. The van der Waals surface area contributed by atoms with Crippen LogP contribution in [0.4, 0.5) is 0 Å². The third kappa shape index (κ3) is 4.13. The summed E-state index contributed by atoms with van der Waals surface area (Å²) < 4.78 is 2.42. The number of rotatable bonds is 5. The fraction of sp³-hybridized carbons (Fsp3) is 0.0278. The van der Waals surface area contributed by atoms with E-state index >= 15 is 0 Å². The maximum absolute atomic E-state index is 5.17. The first-order chi connectivity index (χ1) is 19.3. The van der Waals surface area contributed by atoms with Crippen molar-refractivity contribution in [2.75, 3.05) is 0 Å². The van der Waals surface area contributed by atoms with E-state index in [4.69, 9.17) is 4.98 Å². The molecule has 0 saturated heterocycles. The number of para-hydroxylation sites is 2. The molecule has 7 aromatic rings. The average Bonchev–Trinajstić information content (AvgIpc) is 3.36. The lowest BCUT2D eigenvalue weighted by Gasteiger charge is -2.14. The smallest absolute Gasteiger partial charge is 0.157 e. The lowest BCUT2D eigenvalue weighted by Crippen LogP contribution is -2.14. The number of fused-ring (bicyclic) bond motifs is 3. The molecule has 3 heteroatoms. The molecule has 0 bridgehead atoms. The Balaban J connectivity index is 1.45. The fourth-order valence-electron chi connectivity index (χ4n) is 5.68. The molecule has 0 saturated carbocycles. The number of pyridine rings is 1. The normalized spacial score (nSPS) is 11.2. The number of aromatic nitrogens is 2. The fourth-order valence-corrected chi connectivity index (χ4v) is 5.68. The van der Waals surface area contributed by atoms with E-state index in [1.165, 1.54) is 32.8 Å². The molecule has 0 spiro atoms. The highest BCUT2D eigenvalue weighted by molar-refractivity contribution is 6.56. The van der Waals surface area contributed by atoms with Crippen molar-refractivity contribution in [1.82, 2.24) is 9.55 Å². The Morgan fingerprint density at radius 3 is 1.90 bits per heavy atom. The average molecular weight is 498 g/mol. The van der Waals surface area contributed by atoms with Gasteiger partial charge >= 0.3 is 0 Å². The van der Waals surface area contributed by atoms with Gasteiger partial charge in [0.1, 0.15) is 0 Å². The summed E-state index contributed by atoms with van der Waals surface area (Å²) in [5.74, 6) is 0. The quantitative estimate of drug-likeness (QED) is 0.218. The standard InChI is InChI=1S/C36H27BN2/c1-37-32-20-11-19-31-30-18-8-9-21-35(30)39(36(31)32)29-17-10-16-27(22-29)34-24-28(25-12-4-2-5-13-25)23-33(38-34)26-14-6-3-7-15-26/h2-24,37H,1H3. The van der Waals surface area contributed by atoms with Gasteiger partial charge in [-0.05, 0) is 41.5 Å². The third-order valence-electron chi connectivity index (χ3n) is 7.56. The largest absolute Gasteiger partial charge is 0.310 e. The number of nitrogens with zero attached hydrogens (tertiary/aromatic N) is 2. The van der Waals surface area contributed by atoms with Gasteiger partial charge in [0.2, 0.25) is 0 Å². The summed E-state index contributed by atoms with van der Waals surface area (Å²) in [4.78, 5) is 5.17. The lowest BCUT2D eigenvalue weighted by molar-refractivity contribution is 1.18. The van der Waals surface area contributed by atoms with Gasteiger partial charge in [0.25, 0.3) is 0 Å². The molecule has 0 fully saturated rings. The SMILES string of the molecule is CBc1cccc2c3ccccc3n(-c3cccc(-c4cc(-c5ccccc5)cc(-c5ccccc5)n4)c3)c12. The van der Waals surface area contributed by atoms with Crippen LogP contribution in [0.5, 0.6) is 0 Å². The van der Waals surface area contributed by atoms with Gasteiger partial charge in [-0.15, -0.1) is 0 Å². The second kappa shape index (κ2) is 9.77. The van der Waals surface area contributed by atoms with Crippen molar-refractivity contribution >= 4 is 34.5 Å². The first kappa shape index (κ1) is 23.2. The minimum atomic E-state index is 0.966. The van der Waals surface area contributed by atoms with Gasteiger partial charge < -0.3 is 4.57 Å². The summed E-state index contributed by atoms with van der Waals surface area (Å²) in [6.45, 7) is 2.23. The topological polar surface area (TPSA) is 17.8 Å². The maximum atomic E-state index is 5.17. The number of hydrogen-bond acceptors (Lipinski definition) is 1. The lowest BCUT2D eigenvalue weighted by atomic mass is 9.72. The molecule has 7 rings (SSSR count). The van der Waals surface area contributed by atoms with Crippen LogP contribution in [0, 0.1) is 0 Å². The molecular formula is C36H27BN2. The predicted octanol–water partition coefficient (Wildman–Crippen LogP) is 8.29. The van der Waals surface area contributed by atoms with Crippen LogP contribution in [0.25, 0.3) is 61.1 Å². The van der Waals surface area contributed by atoms with Gasteiger partial charge in [0, 0.05) is 33.1 Å². The Morgan fingerprint density at radius 2 is 1.13 bits per heavy atom. The molecule has 0 radical (unpaired) electrons. The molecule has 184 valence electrons. The zero-order chi connectivity index (χ0) is 26.2. The Kier molecular flexibility index (Phi) is 5.83. The van der Waals surface area contributed by atoms with Crippen molar-refractivity contribution in [1.29, 1.82) is 0 Å². The van der Waals surface area contributed by atoms with Crippen molar-refractivity contribution in [2.45, 2.75) is 6.82 Å². The first-order valence-corrected chi connectivity index (χ1v) is 13.5. The monoisotopic (exact) mass is 498 g/mol. The Morgan fingerprint density at radius 1 is 0.513 bits per heavy atom. The van der Waals surface area contributed by atoms with E-state index in [2.05, 4.69) is 145 Å². The van der Waals surface area contributed by atoms with Gasteiger partial charge in [-0.2, -0.15) is 0 Å². The molecular weight excluding hydrogens is 471 g/mol. The van der Waals surface area contributed by atoms with E-state index in [1.54, 1.807) is 0 Å². The highest BCUT2D eigenvalue weighted by atomic mass is 15.0. The summed E-state index contributed by atoms with van der Waals surface area (Å²) >= 11 is 0. The van der Waals surface area contributed by atoms with Gasteiger partial charge in [0.05, 0.1) is 16.9 Å². The summed E-state index contributed by atoms with van der Waals surface area (Å²) in [6.07, 6.45) is 0. The highest BCUT2D eigenvalue weighted by Gasteiger charge is 2.16. The molecule has 2 nitrogen and oxygen atoms in total. The van der Waals surface area contributed by atoms with Crippen LogP contribution in [-0.4, -0.2) is 16.8 Å². The molecule has 0 aliphatic heterocycles. The van der Waals surface area contributed by atoms with Crippen LogP contribution in [-0.2, 0) is 0 Å². The molecule has 0 unspecified atom stereocenters. The highest BCUT2D eigenvalue weighted by Crippen LogP contribution is 2.34. The Bertz CT molecular complexity index is 1880. The maximum Gasteiger partial charge on any atom is 0.157 e. The zero-order valence-corrected chi connectivity index (χ0v) is 21.9. The zero-order valence-electron chi connectivity index (χ0n) is 21.9. The van der Waals surface area contributed by atoms with Crippen LogP contribution in [0.2, 0.25) is 6.82 Å². The van der Waals surface area contributed by atoms with Crippen LogP contribution < -0.4 is 5.46 Å². The molecule has 2 heterocycles. The second-order valence-electron chi connectivity index (χ2n) is 9.93. The summed E-state index contributed by atoms with van der Waals surface area (Å²) in [5, 5.41) is 2.58. The minimum Gasteiger partial charge on any atom is -0.310 e. The molecule has 5 aromatic carbocycles. The molecule has 0 N–H and O–H groups in total. The van der Waals surface area contributed by atoms with E-state index in [9.17, 15) is 0 Å². The van der Waals surface area contributed by atoms with Crippen LogP contribution in [0.15, 0.2) is 140 Å². The molecule has 0 amide bonds. The summed E-state index contributed by atoms with van der Waals surface area (Å²) in [6, 6.07) is 49.6. The van der Waals surface area contributed by atoms with Crippen LogP contribution >= 0.6 is 0 Å². The second-order valence-corrected chi connectivity index (χ2v) is 9.93. The van der Waals surface area contributed by atoms with E-state index in [1.807, 2.05) is 6.07 Å². The van der Waals surface area contributed by atoms with E-state index in [0.717, 1.165) is 41.0 Å². The predicted molar refractivity (Wildman–Crippen MR) is 168 cm³/mol. The van der Waals surface area contributed by atoms with Crippen LogP contribution in [0.1, 0.15) is 0 Å². The number of hydrogen-bond donors (Lipinski definition) is 0. The van der Waals surface area contributed by atoms with Crippen molar-refractivity contribution < 1.29 is 0 Å². The Hall–Kier alpha value is -4.89. The van der Waals surface area contributed by atoms with Gasteiger partial charge in [-0.1, -0.05) is 121 Å². The summed E-state index contributed by atoms with van der Waals surface area (Å²) in [7, 11) is 0.981. The van der Waals surface area contributed by atoms with Crippen molar-refractivity contribution in [2.24, 2.45) is 0 Å². The molecule has 0 aliphatic carbocycles. The van der Waals surface area contributed by atoms with E-state index in [-0.39, 0.29) is 0 Å². The van der Waals surface area contributed by atoms with Crippen molar-refractivity contribution in [3.63, 3.8) is 0 Å². The molecule has 2 aromatic heterocycles. The van der Waals surface area contributed by atoms with Gasteiger partial charge in [-0.3, -0.25) is 0 Å².